The molecule has 0 aliphatic carbocycles. The minimum atomic E-state index is -0.846. The molecule has 0 heterocycles. The van der Waals surface area contributed by atoms with Gasteiger partial charge < -0.3 is 15.3 Å². The highest BCUT2D eigenvalue weighted by Crippen LogP contribution is 2.18. The quantitative estimate of drug-likeness (QED) is 0.812. The van der Waals surface area contributed by atoms with Crippen LogP contribution in [-0.4, -0.2) is 47.1 Å². The lowest BCUT2D eigenvalue weighted by Crippen LogP contribution is -2.39. The molecule has 1 aromatic rings. The van der Waals surface area contributed by atoms with E-state index in [0.29, 0.717) is 12.1 Å². The highest BCUT2D eigenvalue weighted by atomic mass is 32.2. The van der Waals surface area contributed by atoms with Gasteiger partial charge in [0.15, 0.2) is 0 Å². The molecule has 21 heavy (non-hydrogen) atoms. The standard InChI is InChI=1S/C15H22N2O3S/c1-11(10-21-3)17(2)15(20)16-13-7-5-4-6-12(13)8-9-14(18)19/h4-7,11H,8-10H2,1-3H3,(H,16,20)(H,18,19). The van der Waals surface area contributed by atoms with Crippen LogP contribution in [0.4, 0.5) is 10.5 Å². The van der Waals surface area contributed by atoms with E-state index in [1.807, 2.05) is 31.4 Å². The van der Waals surface area contributed by atoms with E-state index in [1.54, 1.807) is 29.8 Å². The first-order chi connectivity index (χ1) is 9.95. The number of para-hydroxylation sites is 1. The van der Waals surface area contributed by atoms with Gasteiger partial charge in [-0.3, -0.25) is 4.79 Å². The van der Waals surface area contributed by atoms with Crippen LogP contribution in [0.2, 0.25) is 0 Å². The van der Waals surface area contributed by atoms with Gasteiger partial charge in [0.05, 0.1) is 0 Å². The molecule has 0 aliphatic heterocycles. The van der Waals surface area contributed by atoms with E-state index in [0.717, 1.165) is 11.3 Å². The molecule has 0 spiro atoms. The van der Waals surface area contributed by atoms with Gasteiger partial charge in [-0.1, -0.05) is 18.2 Å². The van der Waals surface area contributed by atoms with Crippen molar-refractivity contribution in [3.63, 3.8) is 0 Å². The third-order valence-corrected chi connectivity index (χ3v) is 4.07. The third kappa shape index (κ3) is 5.67. The maximum atomic E-state index is 12.2. The van der Waals surface area contributed by atoms with Crippen molar-refractivity contribution in [3.05, 3.63) is 29.8 Å². The Bertz CT molecular complexity index is 494. The Morgan fingerprint density at radius 2 is 2.05 bits per heavy atom. The molecule has 1 rings (SSSR count). The van der Waals surface area contributed by atoms with Crippen molar-refractivity contribution >= 4 is 29.4 Å². The molecule has 1 unspecified atom stereocenters. The topological polar surface area (TPSA) is 69.6 Å². The minimum absolute atomic E-state index is 0.0472. The second-order valence-corrected chi connectivity index (χ2v) is 5.81. The van der Waals surface area contributed by atoms with Crippen LogP contribution in [-0.2, 0) is 11.2 Å². The number of hydrogen-bond donors (Lipinski definition) is 2. The molecule has 1 atom stereocenters. The Balaban J connectivity index is 2.73. The van der Waals surface area contributed by atoms with E-state index in [4.69, 9.17) is 5.11 Å². The Morgan fingerprint density at radius 1 is 1.38 bits per heavy atom. The fourth-order valence-corrected chi connectivity index (χ4v) is 2.56. The molecule has 5 nitrogen and oxygen atoms in total. The van der Waals surface area contributed by atoms with Crippen LogP contribution in [0.15, 0.2) is 24.3 Å². The van der Waals surface area contributed by atoms with Crippen molar-refractivity contribution in [3.8, 4) is 0 Å². The smallest absolute Gasteiger partial charge is 0.321 e. The molecule has 0 aliphatic rings. The summed E-state index contributed by atoms with van der Waals surface area (Å²) in [6, 6.07) is 7.25. The van der Waals surface area contributed by atoms with Crippen LogP contribution < -0.4 is 5.32 Å². The number of carboxylic acids is 1. The number of aliphatic carboxylic acids is 1. The number of urea groups is 1. The summed E-state index contributed by atoms with van der Waals surface area (Å²) in [4.78, 5) is 24.5. The first kappa shape index (κ1) is 17.4. The summed E-state index contributed by atoms with van der Waals surface area (Å²) in [6.45, 7) is 1.99. The zero-order valence-corrected chi connectivity index (χ0v) is 13.4. The highest BCUT2D eigenvalue weighted by Gasteiger charge is 2.16. The number of thioether (sulfide) groups is 1. The predicted molar refractivity (Wildman–Crippen MR) is 87.0 cm³/mol. The SMILES string of the molecule is CSCC(C)N(C)C(=O)Nc1ccccc1CCC(=O)O. The molecule has 6 heteroatoms. The van der Waals surface area contributed by atoms with E-state index in [-0.39, 0.29) is 18.5 Å². The lowest BCUT2D eigenvalue weighted by molar-refractivity contribution is -0.136. The summed E-state index contributed by atoms with van der Waals surface area (Å²) in [5.41, 5.74) is 1.51. The number of anilines is 1. The molecule has 116 valence electrons. The van der Waals surface area contributed by atoms with Crippen LogP contribution >= 0.6 is 11.8 Å². The first-order valence-electron chi connectivity index (χ1n) is 6.78. The Morgan fingerprint density at radius 3 is 2.67 bits per heavy atom. The zero-order valence-electron chi connectivity index (χ0n) is 12.6. The number of benzene rings is 1. The van der Waals surface area contributed by atoms with Gasteiger partial charge in [0.2, 0.25) is 0 Å². The lowest BCUT2D eigenvalue weighted by Gasteiger charge is -2.25. The molecule has 0 fully saturated rings. The van der Waals surface area contributed by atoms with E-state index in [2.05, 4.69) is 5.32 Å². The van der Waals surface area contributed by atoms with Gasteiger partial charge >= 0.3 is 12.0 Å². The van der Waals surface area contributed by atoms with Crippen molar-refractivity contribution in [2.75, 3.05) is 24.4 Å². The van der Waals surface area contributed by atoms with Gasteiger partial charge in [-0.05, 0) is 31.2 Å². The fraction of sp³-hybridized carbons (Fsp3) is 0.467. The Labute approximate surface area is 129 Å². The van der Waals surface area contributed by atoms with Crippen LogP contribution in [0.5, 0.6) is 0 Å². The zero-order chi connectivity index (χ0) is 15.8. The second-order valence-electron chi connectivity index (χ2n) is 4.90. The van der Waals surface area contributed by atoms with Crippen LogP contribution in [0.25, 0.3) is 0 Å². The number of aryl methyl sites for hydroxylation is 1. The van der Waals surface area contributed by atoms with Crippen molar-refractivity contribution in [1.29, 1.82) is 0 Å². The van der Waals surface area contributed by atoms with Gasteiger partial charge in [0.1, 0.15) is 0 Å². The average Bonchev–Trinajstić information content (AvgIpc) is 2.45. The fourth-order valence-electron chi connectivity index (χ4n) is 1.86. The summed E-state index contributed by atoms with van der Waals surface area (Å²) < 4.78 is 0. The molecule has 0 saturated heterocycles. The van der Waals surface area contributed by atoms with E-state index in [9.17, 15) is 9.59 Å². The molecule has 1 aromatic carbocycles. The molecule has 2 N–H and O–H groups in total. The van der Waals surface area contributed by atoms with Gasteiger partial charge in [-0.15, -0.1) is 0 Å². The monoisotopic (exact) mass is 310 g/mol. The number of rotatable bonds is 7. The maximum Gasteiger partial charge on any atom is 0.321 e. The summed E-state index contributed by atoms with van der Waals surface area (Å²) in [7, 11) is 1.76. The molecule has 0 bridgehead atoms. The predicted octanol–water partition coefficient (Wildman–Crippen LogP) is 2.92. The van der Waals surface area contributed by atoms with E-state index in [1.165, 1.54) is 0 Å². The van der Waals surface area contributed by atoms with Crippen molar-refractivity contribution in [1.82, 2.24) is 4.90 Å². The van der Waals surface area contributed by atoms with Gasteiger partial charge in [-0.25, -0.2) is 4.79 Å². The van der Waals surface area contributed by atoms with Gasteiger partial charge in [0, 0.05) is 31.0 Å². The molecule has 0 aromatic heterocycles. The number of hydrogen-bond acceptors (Lipinski definition) is 3. The third-order valence-electron chi connectivity index (χ3n) is 3.26. The Kier molecular flexibility index (Phi) is 7.08. The summed E-state index contributed by atoms with van der Waals surface area (Å²) in [5.74, 6) is 0.0201. The number of amides is 2. The van der Waals surface area contributed by atoms with Crippen LogP contribution in [0.1, 0.15) is 18.9 Å². The largest absolute Gasteiger partial charge is 0.481 e. The number of carboxylic acid groups (broad SMARTS) is 1. The van der Waals surface area contributed by atoms with Crippen molar-refractivity contribution < 1.29 is 14.7 Å². The molecular formula is C15H22N2O3S. The molecule has 0 radical (unpaired) electrons. The summed E-state index contributed by atoms with van der Waals surface area (Å²) in [6.07, 6.45) is 2.45. The minimum Gasteiger partial charge on any atom is -0.481 e. The van der Waals surface area contributed by atoms with Gasteiger partial charge in [-0.2, -0.15) is 11.8 Å². The highest BCUT2D eigenvalue weighted by molar-refractivity contribution is 7.98. The molecular weight excluding hydrogens is 288 g/mol. The first-order valence-corrected chi connectivity index (χ1v) is 8.17. The van der Waals surface area contributed by atoms with Crippen molar-refractivity contribution in [2.45, 2.75) is 25.8 Å². The number of carbonyl (C=O) groups is 2. The number of nitrogens with one attached hydrogen (secondary N) is 1. The van der Waals surface area contributed by atoms with Crippen LogP contribution in [0.3, 0.4) is 0 Å². The summed E-state index contributed by atoms with van der Waals surface area (Å²) in [5, 5.41) is 11.6. The molecule has 2 amide bonds. The van der Waals surface area contributed by atoms with Gasteiger partial charge in [0.25, 0.3) is 0 Å². The van der Waals surface area contributed by atoms with Crippen LogP contribution in [0, 0.1) is 0 Å². The van der Waals surface area contributed by atoms with E-state index >= 15 is 0 Å². The summed E-state index contributed by atoms with van der Waals surface area (Å²) >= 11 is 1.69. The average molecular weight is 310 g/mol. The molecule has 0 saturated carbocycles. The maximum absolute atomic E-state index is 12.2. The Hall–Kier alpha value is -1.69. The lowest BCUT2D eigenvalue weighted by atomic mass is 10.1. The normalized spacial score (nSPS) is 11.8. The number of carbonyl (C=O) groups excluding carboxylic acids is 1. The van der Waals surface area contributed by atoms with Crippen molar-refractivity contribution in [2.24, 2.45) is 0 Å². The second kappa shape index (κ2) is 8.56. The van der Waals surface area contributed by atoms with E-state index < -0.39 is 5.97 Å². The number of nitrogens with zero attached hydrogens (tertiary/aromatic N) is 1.